The molecule has 0 bridgehead atoms. The predicted octanol–water partition coefficient (Wildman–Crippen LogP) is 1.00. The second-order valence-corrected chi connectivity index (χ2v) is 9.23. The molecule has 10 heteroatoms. The molecule has 0 spiro atoms. The van der Waals surface area contributed by atoms with Crippen molar-refractivity contribution in [3.63, 3.8) is 0 Å². The molecule has 0 unspecified atom stereocenters. The van der Waals surface area contributed by atoms with Gasteiger partial charge < -0.3 is 14.5 Å². The molecule has 2 aromatic rings. The molecule has 2 aliphatic rings. The lowest BCUT2D eigenvalue weighted by Gasteiger charge is -2.35. The van der Waals surface area contributed by atoms with Crippen LogP contribution in [0.1, 0.15) is 11.3 Å². The number of ether oxygens (including phenoxy) is 1. The minimum Gasteiger partial charge on any atom is -0.378 e. The van der Waals surface area contributed by atoms with Gasteiger partial charge in [0.15, 0.2) is 0 Å². The molecular formula is C20H24N6O3S. The molecule has 1 aromatic carbocycles. The van der Waals surface area contributed by atoms with Gasteiger partial charge in [0.1, 0.15) is 5.82 Å². The number of rotatable bonds is 4. The van der Waals surface area contributed by atoms with Gasteiger partial charge in [0.25, 0.3) is 0 Å². The summed E-state index contributed by atoms with van der Waals surface area (Å²) in [5, 5.41) is 8.90. The number of aryl methyl sites for hydroxylation is 1. The molecule has 0 atom stereocenters. The van der Waals surface area contributed by atoms with Crippen LogP contribution in [0, 0.1) is 18.3 Å². The molecule has 9 nitrogen and oxygen atoms in total. The monoisotopic (exact) mass is 428 g/mol. The zero-order valence-electron chi connectivity index (χ0n) is 16.9. The fraction of sp³-hybridized carbons (Fsp3) is 0.450. The van der Waals surface area contributed by atoms with Gasteiger partial charge >= 0.3 is 0 Å². The molecule has 3 heterocycles. The highest BCUT2D eigenvalue weighted by molar-refractivity contribution is 7.89. The summed E-state index contributed by atoms with van der Waals surface area (Å²) < 4.78 is 32.7. The number of anilines is 2. The third-order valence-corrected chi connectivity index (χ3v) is 7.22. The van der Waals surface area contributed by atoms with E-state index in [4.69, 9.17) is 15.0 Å². The molecular weight excluding hydrogens is 404 g/mol. The first-order chi connectivity index (χ1) is 14.5. The van der Waals surface area contributed by atoms with Crippen LogP contribution in [0.25, 0.3) is 0 Å². The van der Waals surface area contributed by atoms with Crippen molar-refractivity contribution in [3.05, 3.63) is 41.6 Å². The standard InChI is InChI=1S/C20H24N6O3S/c1-16-14-19(23-20(22-16)25-10-12-29-13-11-25)24-6-8-26(9-7-24)30(27,28)18-4-2-17(15-21)3-5-18/h2-5,14H,6-13H2,1H3. The summed E-state index contributed by atoms with van der Waals surface area (Å²) in [4.78, 5) is 13.7. The van der Waals surface area contributed by atoms with Gasteiger partial charge in [0.2, 0.25) is 16.0 Å². The Hall–Kier alpha value is -2.74. The lowest BCUT2D eigenvalue weighted by atomic mass is 10.2. The van der Waals surface area contributed by atoms with E-state index in [1.54, 1.807) is 0 Å². The van der Waals surface area contributed by atoms with E-state index in [-0.39, 0.29) is 4.90 Å². The molecule has 2 fully saturated rings. The Morgan fingerprint density at radius 2 is 1.63 bits per heavy atom. The first kappa shape index (κ1) is 20.5. The number of morpholine rings is 1. The average Bonchev–Trinajstić information content (AvgIpc) is 2.79. The Morgan fingerprint density at radius 3 is 2.27 bits per heavy atom. The summed E-state index contributed by atoms with van der Waals surface area (Å²) in [6.45, 7) is 6.65. The van der Waals surface area contributed by atoms with Crippen molar-refractivity contribution in [1.82, 2.24) is 14.3 Å². The molecule has 0 saturated carbocycles. The normalized spacial score (nSPS) is 18.3. The summed E-state index contributed by atoms with van der Waals surface area (Å²) >= 11 is 0. The summed E-state index contributed by atoms with van der Waals surface area (Å²) in [6.07, 6.45) is 0. The van der Waals surface area contributed by atoms with Gasteiger partial charge in [0.05, 0.1) is 29.7 Å². The molecule has 30 heavy (non-hydrogen) atoms. The van der Waals surface area contributed by atoms with Gasteiger partial charge in [-0.25, -0.2) is 13.4 Å². The van der Waals surface area contributed by atoms with E-state index in [1.807, 2.05) is 19.1 Å². The first-order valence-corrected chi connectivity index (χ1v) is 11.3. The summed E-state index contributed by atoms with van der Waals surface area (Å²) in [5.41, 5.74) is 1.32. The van der Waals surface area contributed by atoms with Gasteiger partial charge in [-0.15, -0.1) is 0 Å². The van der Waals surface area contributed by atoms with E-state index < -0.39 is 10.0 Å². The molecule has 2 aliphatic heterocycles. The zero-order valence-corrected chi connectivity index (χ0v) is 17.7. The zero-order chi connectivity index (χ0) is 21.1. The number of hydrogen-bond acceptors (Lipinski definition) is 8. The lowest BCUT2D eigenvalue weighted by molar-refractivity contribution is 0.122. The van der Waals surface area contributed by atoms with Gasteiger partial charge in [-0.2, -0.15) is 14.6 Å². The maximum absolute atomic E-state index is 12.9. The van der Waals surface area contributed by atoms with E-state index >= 15 is 0 Å². The van der Waals surface area contributed by atoms with Crippen LogP contribution in [0.3, 0.4) is 0 Å². The van der Waals surface area contributed by atoms with E-state index in [1.165, 1.54) is 28.6 Å². The van der Waals surface area contributed by atoms with Gasteiger partial charge in [-0.3, -0.25) is 0 Å². The van der Waals surface area contributed by atoms with Gasteiger partial charge in [-0.1, -0.05) is 0 Å². The van der Waals surface area contributed by atoms with Crippen LogP contribution < -0.4 is 9.80 Å². The highest BCUT2D eigenvalue weighted by atomic mass is 32.2. The molecule has 0 aliphatic carbocycles. The largest absolute Gasteiger partial charge is 0.378 e. The van der Waals surface area contributed by atoms with E-state index in [0.29, 0.717) is 50.9 Å². The molecule has 0 amide bonds. The fourth-order valence-electron chi connectivity index (χ4n) is 3.61. The Balaban J connectivity index is 1.46. The minimum absolute atomic E-state index is 0.211. The van der Waals surface area contributed by atoms with Crippen molar-refractivity contribution in [2.24, 2.45) is 0 Å². The Labute approximate surface area is 176 Å². The maximum atomic E-state index is 12.9. The van der Waals surface area contributed by atoms with Crippen molar-refractivity contribution in [3.8, 4) is 6.07 Å². The summed E-state index contributed by atoms with van der Waals surface area (Å²) in [6, 6.07) is 9.98. The van der Waals surface area contributed by atoms with Crippen molar-refractivity contribution in [1.29, 1.82) is 5.26 Å². The third-order valence-electron chi connectivity index (χ3n) is 5.31. The minimum atomic E-state index is -3.58. The first-order valence-electron chi connectivity index (χ1n) is 9.91. The summed E-state index contributed by atoms with van der Waals surface area (Å²) in [5.74, 6) is 1.51. The second kappa shape index (κ2) is 8.55. The number of sulfonamides is 1. The van der Waals surface area contributed by atoms with Gasteiger partial charge in [0, 0.05) is 51.0 Å². The Bertz CT molecular complexity index is 1040. The molecule has 1 aromatic heterocycles. The molecule has 158 valence electrons. The second-order valence-electron chi connectivity index (χ2n) is 7.29. The van der Waals surface area contributed by atoms with Crippen LogP contribution in [0.2, 0.25) is 0 Å². The predicted molar refractivity (Wildman–Crippen MR) is 112 cm³/mol. The highest BCUT2D eigenvalue weighted by Crippen LogP contribution is 2.23. The van der Waals surface area contributed by atoms with Crippen molar-refractivity contribution < 1.29 is 13.2 Å². The number of piperazine rings is 1. The van der Waals surface area contributed by atoms with E-state index in [2.05, 4.69) is 14.8 Å². The number of aromatic nitrogens is 2. The number of benzene rings is 1. The number of hydrogen-bond donors (Lipinski definition) is 0. The SMILES string of the molecule is Cc1cc(N2CCN(S(=O)(=O)c3ccc(C#N)cc3)CC2)nc(N2CCOCC2)n1. The van der Waals surface area contributed by atoms with Gasteiger partial charge in [-0.05, 0) is 31.2 Å². The van der Waals surface area contributed by atoms with E-state index in [9.17, 15) is 8.42 Å². The maximum Gasteiger partial charge on any atom is 0.243 e. The van der Waals surface area contributed by atoms with Crippen molar-refractivity contribution in [2.75, 3.05) is 62.3 Å². The quantitative estimate of drug-likeness (QED) is 0.711. The van der Waals surface area contributed by atoms with Crippen LogP contribution in [-0.2, 0) is 14.8 Å². The molecule has 4 rings (SSSR count). The fourth-order valence-corrected chi connectivity index (χ4v) is 5.03. The molecule has 0 radical (unpaired) electrons. The molecule has 2 saturated heterocycles. The summed E-state index contributed by atoms with van der Waals surface area (Å²) in [7, 11) is -3.58. The van der Waals surface area contributed by atoms with Crippen molar-refractivity contribution >= 4 is 21.8 Å². The highest BCUT2D eigenvalue weighted by Gasteiger charge is 2.29. The van der Waals surface area contributed by atoms with Crippen LogP contribution >= 0.6 is 0 Å². The average molecular weight is 429 g/mol. The van der Waals surface area contributed by atoms with Crippen molar-refractivity contribution in [2.45, 2.75) is 11.8 Å². The number of nitriles is 1. The Kier molecular flexibility index (Phi) is 5.85. The third kappa shape index (κ3) is 4.23. The smallest absolute Gasteiger partial charge is 0.243 e. The lowest BCUT2D eigenvalue weighted by Crippen LogP contribution is -2.49. The van der Waals surface area contributed by atoms with E-state index in [0.717, 1.165) is 24.6 Å². The Morgan fingerprint density at radius 1 is 0.967 bits per heavy atom. The van der Waals surface area contributed by atoms with Crippen LogP contribution in [-0.4, -0.2) is 75.2 Å². The van der Waals surface area contributed by atoms with Crippen LogP contribution in [0.4, 0.5) is 11.8 Å². The topological polar surface area (TPSA) is 103 Å². The molecule has 0 N–H and O–H groups in total. The van der Waals surface area contributed by atoms with Crippen LogP contribution in [0.15, 0.2) is 35.2 Å². The van der Waals surface area contributed by atoms with Crippen LogP contribution in [0.5, 0.6) is 0 Å². The number of nitrogens with zero attached hydrogens (tertiary/aromatic N) is 6.